The number of hydrogen-bond donors (Lipinski definition) is 0. The lowest BCUT2D eigenvalue weighted by molar-refractivity contribution is 0.0729. The first kappa shape index (κ1) is 19.2. The standard InChI is InChI=1S/C23H16ClNO3/c1-27-22-14-16(13-19(15-25)17-8-10-20(24)11-9-17)7-12-21(22)28-23(26)18-5-3-2-4-6-18/h2-14H,1H3/b19-13-. The van der Waals surface area contributed by atoms with E-state index in [1.54, 1.807) is 72.8 Å². The molecule has 0 bridgehead atoms. The van der Waals surface area contributed by atoms with Gasteiger partial charge in [0.2, 0.25) is 0 Å². The van der Waals surface area contributed by atoms with Crippen LogP contribution < -0.4 is 9.47 Å². The molecule has 3 aromatic rings. The normalized spacial score (nSPS) is 10.8. The zero-order chi connectivity index (χ0) is 19.9. The molecule has 0 aliphatic heterocycles. The van der Waals surface area contributed by atoms with Crippen molar-refractivity contribution in [2.24, 2.45) is 0 Å². The lowest BCUT2D eigenvalue weighted by Gasteiger charge is -2.10. The van der Waals surface area contributed by atoms with Crippen LogP contribution in [0.4, 0.5) is 0 Å². The molecular formula is C23H16ClNO3. The van der Waals surface area contributed by atoms with Crippen molar-refractivity contribution in [2.75, 3.05) is 7.11 Å². The second kappa shape index (κ2) is 8.90. The summed E-state index contributed by atoms with van der Waals surface area (Å²) in [7, 11) is 1.49. The minimum Gasteiger partial charge on any atom is -0.493 e. The average Bonchev–Trinajstić information content (AvgIpc) is 2.74. The van der Waals surface area contributed by atoms with Crippen molar-refractivity contribution < 1.29 is 14.3 Å². The van der Waals surface area contributed by atoms with E-state index in [2.05, 4.69) is 6.07 Å². The number of carbonyl (C=O) groups excluding carboxylic acids is 1. The lowest BCUT2D eigenvalue weighted by Crippen LogP contribution is -2.09. The molecule has 0 N–H and O–H groups in total. The number of ether oxygens (including phenoxy) is 2. The van der Waals surface area contributed by atoms with E-state index >= 15 is 0 Å². The Morgan fingerprint density at radius 3 is 2.32 bits per heavy atom. The average molecular weight is 390 g/mol. The van der Waals surface area contributed by atoms with Gasteiger partial charge in [-0.1, -0.05) is 48.0 Å². The zero-order valence-corrected chi connectivity index (χ0v) is 15.8. The molecule has 0 atom stereocenters. The number of carbonyl (C=O) groups is 1. The van der Waals surface area contributed by atoms with Crippen molar-refractivity contribution in [3.63, 3.8) is 0 Å². The van der Waals surface area contributed by atoms with E-state index in [4.69, 9.17) is 21.1 Å². The Hall–Kier alpha value is -3.55. The summed E-state index contributed by atoms with van der Waals surface area (Å²) in [6, 6.07) is 23.0. The van der Waals surface area contributed by atoms with Gasteiger partial charge in [0.05, 0.1) is 24.3 Å². The van der Waals surface area contributed by atoms with Crippen molar-refractivity contribution in [3.05, 3.63) is 94.5 Å². The van der Waals surface area contributed by atoms with Crippen molar-refractivity contribution in [1.29, 1.82) is 5.26 Å². The van der Waals surface area contributed by atoms with E-state index < -0.39 is 5.97 Å². The van der Waals surface area contributed by atoms with Crippen LogP contribution in [-0.4, -0.2) is 13.1 Å². The van der Waals surface area contributed by atoms with Crippen LogP contribution in [0.1, 0.15) is 21.5 Å². The number of nitrogens with zero attached hydrogens (tertiary/aromatic N) is 1. The zero-order valence-electron chi connectivity index (χ0n) is 15.1. The highest BCUT2D eigenvalue weighted by Gasteiger charge is 2.12. The summed E-state index contributed by atoms with van der Waals surface area (Å²) in [4.78, 5) is 12.3. The molecule has 3 aromatic carbocycles. The third-order valence-electron chi connectivity index (χ3n) is 3.99. The first-order chi connectivity index (χ1) is 13.6. The summed E-state index contributed by atoms with van der Waals surface area (Å²) in [5.74, 6) is 0.228. The van der Waals surface area contributed by atoms with Gasteiger partial charge < -0.3 is 9.47 Å². The van der Waals surface area contributed by atoms with E-state index in [1.807, 2.05) is 6.07 Å². The SMILES string of the molecule is COc1cc(/C=C(/C#N)c2ccc(Cl)cc2)ccc1OC(=O)c1ccccc1. The van der Waals surface area contributed by atoms with Gasteiger partial charge >= 0.3 is 5.97 Å². The quantitative estimate of drug-likeness (QED) is 0.245. The van der Waals surface area contributed by atoms with Crippen LogP contribution in [0.3, 0.4) is 0 Å². The third-order valence-corrected chi connectivity index (χ3v) is 4.24. The molecule has 138 valence electrons. The Kier molecular flexibility index (Phi) is 6.11. The lowest BCUT2D eigenvalue weighted by atomic mass is 10.0. The smallest absolute Gasteiger partial charge is 0.343 e. The number of halogens is 1. The summed E-state index contributed by atoms with van der Waals surface area (Å²) in [5.41, 5.74) is 2.42. The van der Waals surface area contributed by atoms with Crippen LogP contribution in [0, 0.1) is 11.3 Å². The monoisotopic (exact) mass is 389 g/mol. The minimum atomic E-state index is -0.471. The summed E-state index contributed by atoms with van der Waals surface area (Å²) in [6.07, 6.45) is 1.73. The predicted octanol–water partition coefficient (Wildman–Crippen LogP) is 5.63. The maximum absolute atomic E-state index is 12.3. The molecule has 0 amide bonds. The number of methoxy groups -OCH3 is 1. The Balaban J connectivity index is 1.87. The molecule has 0 aromatic heterocycles. The van der Waals surface area contributed by atoms with Gasteiger partial charge in [0.15, 0.2) is 11.5 Å². The highest BCUT2D eigenvalue weighted by atomic mass is 35.5. The van der Waals surface area contributed by atoms with E-state index in [1.165, 1.54) is 7.11 Å². The van der Waals surface area contributed by atoms with Crippen LogP contribution in [-0.2, 0) is 0 Å². The maximum atomic E-state index is 12.3. The van der Waals surface area contributed by atoms with Gasteiger partial charge in [-0.3, -0.25) is 0 Å². The molecule has 0 heterocycles. The largest absolute Gasteiger partial charge is 0.493 e. The Morgan fingerprint density at radius 2 is 1.68 bits per heavy atom. The van der Waals surface area contributed by atoms with E-state index in [0.29, 0.717) is 27.7 Å². The van der Waals surface area contributed by atoms with Gasteiger partial charge in [-0.2, -0.15) is 5.26 Å². The number of rotatable bonds is 5. The first-order valence-electron chi connectivity index (χ1n) is 8.43. The topological polar surface area (TPSA) is 59.3 Å². The fourth-order valence-electron chi connectivity index (χ4n) is 2.57. The molecule has 0 fully saturated rings. The van der Waals surface area contributed by atoms with Crippen LogP contribution in [0.15, 0.2) is 72.8 Å². The molecule has 0 aliphatic rings. The third kappa shape index (κ3) is 4.59. The van der Waals surface area contributed by atoms with Crippen LogP contribution in [0.25, 0.3) is 11.6 Å². The molecule has 0 saturated carbocycles. The number of benzene rings is 3. The number of allylic oxidation sites excluding steroid dienone is 1. The van der Waals surface area contributed by atoms with Crippen LogP contribution >= 0.6 is 11.6 Å². The van der Waals surface area contributed by atoms with Crippen molar-refractivity contribution in [1.82, 2.24) is 0 Å². The van der Waals surface area contributed by atoms with Crippen molar-refractivity contribution in [3.8, 4) is 17.6 Å². The molecule has 28 heavy (non-hydrogen) atoms. The van der Waals surface area contributed by atoms with Crippen LogP contribution in [0.5, 0.6) is 11.5 Å². The second-order valence-electron chi connectivity index (χ2n) is 5.84. The molecule has 0 radical (unpaired) electrons. The van der Waals surface area contributed by atoms with Gasteiger partial charge in [-0.15, -0.1) is 0 Å². The molecular weight excluding hydrogens is 374 g/mol. The molecule has 0 saturated heterocycles. The molecule has 0 unspecified atom stereocenters. The van der Waals surface area contributed by atoms with Crippen LogP contribution in [0.2, 0.25) is 5.02 Å². The van der Waals surface area contributed by atoms with Gasteiger partial charge in [0.25, 0.3) is 0 Å². The van der Waals surface area contributed by atoms with E-state index in [-0.39, 0.29) is 0 Å². The summed E-state index contributed by atoms with van der Waals surface area (Å²) in [6.45, 7) is 0. The second-order valence-corrected chi connectivity index (χ2v) is 6.28. The fourth-order valence-corrected chi connectivity index (χ4v) is 2.69. The molecule has 0 spiro atoms. The predicted molar refractivity (Wildman–Crippen MR) is 109 cm³/mol. The van der Waals surface area contributed by atoms with Gasteiger partial charge in [-0.05, 0) is 53.6 Å². The summed E-state index contributed by atoms with van der Waals surface area (Å²) in [5, 5.41) is 10.1. The molecule has 5 heteroatoms. The molecule has 4 nitrogen and oxygen atoms in total. The van der Waals surface area contributed by atoms with Crippen molar-refractivity contribution >= 4 is 29.2 Å². The highest BCUT2D eigenvalue weighted by molar-refractivity contribution is 6.30. The van der Waals surface area contributed by atoms with Gasteiger partial charge in [0, 0.05) is 5.02 Å². The maximum Gasteiger partial charge on any atom is 0.343 e. The van der Waals surface area contributed by atoms with E-state index in [9.17, 15) is 10.1 Å². The highest BCUT2D eigenvalue weighted by Crippen LogP contribution is 2.30. The number of esters is 1. The Morgan fingerprint density at radius 1 is 0.964 bits per heavy atom. The Bertz CT molecular complexity index is 1050. The molecule has 0 aliphatic carbocycles. The van der Waals surface area contributed by atoms with E-state index in [0.717, 1.165) is 11.1 Å². The first-order valence-corrected chi connectivity index (χ1v) is 8.81. The summed E-state index contributed by atoms with van der Waals surface area (Å²) < 4.78 is 10.8. The number of nitriles is 1. The molecule has 3 rings (SSSR count). The summed E-state index contributed by atoms with van der Waals surface area (Å²) >= 11 is 5.90. The van der Waals surface area contributed by atoms with Gasteiger partial charge in [0.1, 0.15) is 0 Å². The fraction of sp³-hybridized carbons (Fsp3) is 0.0435. The van der Waals surface area contributed by atoms with Gasteiger partial charge in [-0.25, -0.2) is 4.79 Å². The minimum absolute atomic E-state index is 0.304. The number of hydrogen-bond acceptors (Lipinski definition) is 4. The Labute approximate surface area is 168 Å². The van der Waals surface area contributed by atoms with Crippen molar-refractivity contribution in [2.45, 2.75) is 0 Å².